The lowest BCUT2D eigenvalue weighted by Gasteiger charge is -2.20. The number of hydrogen-bond donors (Lipinski definition) is 3. The molecule has 0 bridgehead atoms. The molecule has 3 aliphatic rings. The summed E-state index contributed by atoms with van der Waals surface area (Å²) in [5, 5.41) is 13.3. The lowest BCUT2D eigenvalue weighted by Crippen LogP contribution is -2.34. The number of rotatable bonds is 6. The number of carboxylic acids is 1. The second kappa shape index (κ2) is 15.2. The molecular formula is C38H36N6O9. The Bertz CT molecular complexity index is 2150. The number of furan rings is 2. The Morgan fingerprint density at radius 2 is 1.09 bits per heavy atom. The van der Waals surface area contributed by atoms with Crippen molar-refractivity contribution >= 4 is 47.9 Å². The number of imide groups is 2. The number of aromatic carboxylic acids is 1. The Morgan fingerprint density at radius 3 is 1.53 bits per heavy atom. The zero-order chi connectivity index (χ0) is 37.8. The fraction of sp³-hybridized carbons (Fsp3) is 0.211. The summed E-state index contributed by atoms with van der Waals surface area (Å²) in [5.74, 6) is 0.123. The van der Waals surface area contributed by atoms with Gasteiger partial charge >= 0.3 is 18.0 Å². The summed E-state index contributed by atoms with van der Waals surface area (Å²) in [6, 6.07) is 19.5. The number of carboxylic acid groups (broad SMARTS) is 1. The van der Waals surface area contributed by atoms with Crippen molar-refractivity contribution in [2.45, 2.75) is 6.42 Å². The number of benzene rings is 2. The summed E-state index contributed by atoms with van der Waals surface area (Å²) in [6.07, 6.45) is 3.97. The number of nitrogens with zero attached hydrogens (tertiary/aromatic N) is 4. The van der Waals surface area contributed by atoms with E-state index in [1.165, 1.54) is 48.2 Å². The van der Waals surface area contributed by atoms with Crippen LogP contribution in [0, 0.1) is 0 Å². The van der Waals surface area contributed by atoms with Crippen molar-refractivity contribution in [2.75, 3.05) is 47.3 Å². The quantitative estimate of drug-likeness (QED) is 0.190. The second-order valence-corrected chi connectivity index (χ2v) is 12.5. The number of likely N-dealkylation sites (N-methyl/N-ethyl adjacent to an activating group) is 3. The third-order valence-corrected chi connectivity index (χ3v) is 8.89. The third-order valence-electron chi connectivity index (χ3n) is 8.89. The lowest BCUT2D eigenvalue weighted by atomic mass is 10.1. The van der Waals surface area contributed by atoms with Crippen LogP contribution < -0.4 is 10.6 Å². The van der Waals surface area contributed by atoms with E-state index in [1.54, 1.807) is 36.4 Å². The van der Waals surface area contributed by atoms with Crippen LogP contribution in [0.25, 0.3) is 34.8 Å². The molecule has 3 saturated heterocycles. The van der Waals surface area contributed by atoms with E-state index in [-0.39, 0.29) is 22.9 Å². The molecule has 0 atom stereocenters. The minimum absolute atomic E-state index is 0.0432. The van der Waals surface area contributed by atoms with Gasteiger partial charge in [-0.05, 0) is 68.5 Å². The molecule has 3 fully saturated rings. The molecule has 7 amide bonds. The average molecular weight is 721 g/mol. The van der Waals surface area contributed by atoms with Crippen LogP contribution in [-0.2, 0) is 9.59 Å². The van der Waals surface area contributed by atoms with Crippen LogP contribution in [0.15, 0.2) is 93.0 Å². The smallest absolute Gasteiger partial charge is 0.335 e. The number of carbonyl (C=O) groups excluding carboxylic acids is 5. The van der Waals surface area contributed by atoms with E-state index in [0.717, 1.165) is 38.2 Å². The minimum atomic E-state index is -0.999. The first kappa shape index (κ1) is 36.1. The summed E-state index contributed by atoms with van der Waals surface area (Å²) in [5.41, 5.74) is 2.79. The maximum Gasteiger partial charge on any atom is 0.335 e. The summed E-state index contributed by atoms with van der Waals surface area (Å²) in [6.45, 7) is 3.39. The van der Waals surface area contributed by atoms with E-state index in [1.807, 2.05) is 29.2 Å². The molecule has 15 nitrogen and oxygen atoms in total. The van der Waals surface area contributed by atoms with Crippen LogP contribution in [-0.4, -0.2) is 108 Å². The molecule has 4 aromatic rings. The molecule has 53 heavy (non-hydrogen) atoms. The standard InChI is InChI=1S/C22H24N4O4.C16H12N2O5/c1-24-10-3-11-26(13-12-24)21(28)16-6-4-15(5-7-16)19-9-8-17(30-19)14-18-20(27)23-22(29)25(18)2;1-18-12(14(19)17-16(18)22)8-11-6-7-13(23-11)9-2-4-10(5-3-9)15(20)21/h4-9,14H,3,10-13H2,1-2H3,(H,23,27,29);2-8H,1H3,(H,20,21)(H,17,19,22)/b18-14-;12-8-. The number of amides is 7. The number of nitrogens with one attached hydrogen (secondary N) is 2. The summed E-state index contributed by atoms with van der Waals surface area (Å²) in [4.78, 5) is 76.6. The largest absolute Gasteiger partial charge is 0.478 e. The first-order valence-corrected chi connectivity index (χ1v) is 16.6. The van der Waals surface area contributed by atoms with Crippen molar-refractivity contribution in [1.29, 1.82) is 0 Å². The maximum absolute atomic E-state index is 12.8. The first-order chi connectivity index (χ1) is 25.4. The van der Waals surface area contributed by atoms with E-state index in [2.05, 4.69) is 22.6 Å². The third kappa shape index (κ3) is 8.10. The zero-order valence-corrected chi connectivity index (χ0v) is 29.1. The van der Waals surface area contributed by atoms with Gasteiger partial charge in [0.15, 0.2) is 0 Å². The summed E-state index contributed by atoms with van der Waals surface area (Å²) < 4.78 is 11.4. The number of urea groups is 2. The predicted molar refractivity (Wildman–Crippen MR) is 192 cm³/mol. The highest BCUT2D eigenvalue weighted by Crippen LogP contribution is 2.27. The van der Waals surface area contributed by atoms with Gasteiger partial charge in [-0.2, -0.15) is 0 Å². The van der Waals surface area contributed by atoms with Crippen LogP contribution in [0.3, 0.4) is 0 Å². The van der Waals surface area contributed by atoms with Crippen molar-refractivity contribution in [2.24, 2.45) is 0 Å². The van der Waals surface area contributed by atoms with Crippen LogP contribution in [0.5, 0.6) is 0 Å². The van der Waals surface area contributed by atoms with Crippen molar-refractivity contribution in [3.8, 4) is 22.6 Å². The van der Waals surface area contributed by atoms with Crippen molar-refractivity contribution in [3.05, 3.63) is 107 Å². The SMILES string of the molecule is CN1C(=O)NC(=O)/C1=C/c1ccc(-c2ccc(C(=O)O)cc2)o1.CN1CCCN(C(=O)c2ccc(-c3ccc(/C=C4/C(=O)NC(=O)N4C)o3)cc2)CC1. The van der Waals surface area contributed by atoms with Gasteiger partial charge in [-0.1, -0.05) is 24.3 Å². The van der Waals surface area contributed by atoms with Gasteiger partial charge in [-0.3, -0.25) is 34.8 Å². The second-order valence-electron chi connectivity index (χ2n) is 12.5. The Labute approximate surface area is 303 Å². The lowest BCUT2D eigenvalue weighted by molar-refractivity contribution is -0.116. The van der Waals surface area contributed by atoms with Gasteiger partial charge in [0.1, 0.15) is 34.4 Å². The van der Waals surface area contributed by atoms with Crippen molar-refractivity contribution in [3.63, 3.8) is 0 Å². The van der Waals surface area contributed by atoms with Gasteiger partial charge in [0.2, 0.25) is 0 Å². The minimum Gasteiger partial charge on any atom is -0.478 e. The summed E-state index contributed by atoms with van der Waals surface area (Å²) in [7, 11) is 5.08. The zero-order valence-electron chi connectivity index (χ0n) is 29.1. The molecule has 2 aromatic carbocycles. The van der Waals surface area contributed by atoms with Gasteiger partial charge in [0, 0.05) is 62.6 Å². The van der Waals surface area contributed by atoms with Crippen molar-refractivity contribution < 1.29 is 42.7 Å². The Kier molecular flexibility index (Phi) is 10.4. The maximum atomic E-state index is 12.8. The molecule has 7 rings (SSSR count). The van der Waals surface area contributed by atoms with Gasteiger partial charge in [0.25, 0.3) is 17.7 Å². The Hall–Kier alpha value is -6.74. The van der Waals surface area contributed by atoms with E-state index in [0.29, 0.717) is 34.2 Å². The molecule has 3 aliphatic heterocycles. The van der Waals surface area contributed by atoms with Gasteiger partial charge in [-0.15, -0.1) is 0 Å². The highest BCUT2D eigenvalue weighted by atomic mass is 16.4. The Morgan fingerprint density at radius 1 is 0.623 bits per heavy atom. The molecule has 0 unspecified atom stereocenters. The number of carbonyl (C=O) groups is 6. The normalized spacial score (nSPS) is 17.9. The molecule has 0 aliphatic carbocycles. The van der Waals surface area contributed by atoms with Gasteiger partial charge in [-0.25, -0.2) is 14.4 Å². The van der Waals surface area contributed by atoms with Gasteiger partial charge in [0.05, 0.1) is 5.56 Å². The molecule has 5 heterocycles. The fourth-order valence-corrected chi connectivity index (χ4v) is 5.77. The Balaban J connectivity index is 0.000000188. The van der Waals surface area contributed by atoms with E-state index in [4.69, 9.17) is 13.9 Å². The molecular weight excluding hydrogens is 684 g/mol. The molecule has 2 aromatic heterocycles. The topological polar surface area (TPSA) is 186 Å². The van der Waals surface area contributed by atoms with Crippen LogP contribution in [0.4, 0.5) is 9.59 Å². The molecule has 3 N–H and O–H groups in total. The molecule has 272 valence electrons. The monoisotopic (exact) mass is 720 g/mol. The fourth-order valence-electron chi connectivity index (χ4n) is 5.77. The first-order valence-electron chi connectivity index (χ1n) is 16.6. The average Bonchev–Trinajstić information content (AvgIpc) is 3.89. The summed E-state index contributed by atoms with van der Waals surface area (Å²) >= 11 is 0. The van der Waals surface area contributed by atoms with Crippen LogP contribution in [0.1, 0.15) is 38.7 Å². The highest BCUT2D eigenvalue weighted by Gasteiger charge is 2.31. The van der Waals surface area contributed by atoms with Crippen LogP contribution in [0.2, 0.25) is 0 Å². The van der Waals surface area contributed by atoms with E-state index >= 15 is 0 Å². The molecule has 15 heteroatoms. The molecule has 0 saturated carbocycles. The predicted octanol–water partition coefficient (Wildman–Crippen LogP) is 4.41. The highest BCUT2D eigenvalue weighted by molar-refractivity contribution is 6.14. The van der Waals surface area contributed by atoms with Gasteiger partial charge < -0.3 is 23.7 Å². The van der Waals surface area contributed by atoms with Crippen LogP contribution >= 0.6 is 0 Å². The molecule has 0 radical (unpaired) electrons. The molecule has 0 spiro atoms. The van der Waals surface area contributed by atoms with Crippen molar-refractivity contribution in [1.82, 2.24) is 30.2 Å². The van der Waals surface area contributed by atoms with E-state index < -0.39 is 29.8 Å². The van der Waals surface area contributed by atoms with E-state index in [9.17, 15) is 28.8 Å². The number of hydrogen-bond acceptors (Lipinski definition) is 9.